The second kappa shape index (κ2) is 21.2. The second-order valence-corrected chi connectivity index (χ2v) is 22.1. The van der Waals surface area contributed by atoms with Crippen LogP contribution in [0, 0.1) is 11.3 Å². The lowest BCUT2D eigenvalue weighted by molar-refractivity contribution is -0.155. The van der Waals surface area contributed by atoms with Crippen LogP contribution in [0.1, 0.15) is 89.6 Å². The average molecular weight is 993 g/mol. The molecule has 3 aliphatic heterocycles. The maximum absolute atomic E-state index is 14.8. The molecule has 4 atom stereocenters. The van der Waals surface area contributed by atoms with Gasteiger partial charge in [-0.2, -0.15) is 0 Å². The Hall–Kier alpha value is -5.69. The minimum absolute atomic E-state index is 0.0547. The number of nitrogens with one attached hydrogen (secondary N) is 2. The summed E-state index contributed by atoms with van der Waals surface area (Å²) in [7, 11) is 7.21. The summed E-state index contributed by atoms with van der Waals surface area (Å²) in [4.78, 5) is 88.0. The molecule has 1 spiro atoms. The summed E-state index contributed by atoms with van der Waals surface area (Å²) in [5.74, 6) is -1.73. The zero-order valence-corrected chi connectivity index (χ0v) is 43.9. The van der Waals surface area contributed by atoms with E-state index in [1.807, 2.05) is 62.2 Å². The molecule has 17 nitrogen and oxygen atoms in total. The fraction of sp³-hybridized carbons (Fsp3) is 0.566. The lowest BCUT2D eigenvalue weighted by Crippen LogP contribution is -2.64. The van der Waals surface area contributed by atoms with Crippen LogP contribution in [-0.4, -0.2) is 160 Å². The van der Waals surface area contributed by atoms with E-state index < -0.39 is 46.9 Å². The van der Waals surface area contributed by atoms with E-state index in [4.69, 9.17) is 19.4 Å². The summed E-state index contributed by atoms with van der Waals surface area (Å²) in [6, 6.07) is 7.32. The molecule has 6 bridgehead atoms. The van der Waals surface area contributed by atoms with E-state index in [0.717, 1.165) is 57.5 Å². The molecule has 3 fully saturated rings. The van der Waals surface area contributed by atoms with E-state index in [1.54, 1.807) is 31.3 Å². The van der Waals surface area contributed by atoms with Gasteiger partial charge in [-0.1, -0.05) is 39.8 Å². The number of benzene rings is 1. The number of methoxy groups -OCH3 is 1. The van der Waals surface area contributed by atoms with Gasteiger partial charge < -0.3 is 39.0 Å². The van der Waals surface area contributed by atoms with Crippen LogP contribution in [-0.2, 0) is 48.0 Å². The fourth-order valence-electron chi connectivity index (χ4n) is 10.6. The van der Waals surface area contributed by atoms with Crippen molar-refractivity contribution in [3.8, 4) is 22.5 Å². The highest BCUT2D eigenvalue weighted by molar-refractivity contribution is 7.10. The van der Waals surface area contributed by atoms with Crippen LogP contribution < -0.4 is 10.7 Å². The summed E-state index contributed by atoms with van der Waals surface area (Å²) >= 11 is 1.41. The number of esters is 1. The number of urea groups is 1. The van der Waals surface area contributed by atoms with Gasteiger partial charge in [-0.15, -0.1) is 11.3 Å². The molecule has 1 saturated carbocycles. The molecule has 4 aromatic rings. The smallest absolute Gasteiger partial charge is 0.324 e. The van der Waals surface area contributed by atoms with Crippen molar-refractivity contribution in [3.05, 3.63) is 70.3 Å². The van der Waals surface area contributed by atoms with Crippen LogP contribution in [0.15, 0.2) is 54.1 Å². The molecule has 5 amide bonds. The third-order valence-electron chi connectivity index (χ3n) is 14.5. The van der Waals surface area contributed by atoms with Crippen LogP contribution in [0.4, 0.5) is 4.79 Å². The molecule has 0 unspecified atom stereocenters. The molecule has 3 aromatic heterocycles. The van der Waals surface area contributed by atoms with Crippen molar-refractivity contribution in [2.24, 2.45) is 11.3 Å². The number of thiazole rings is 1. The number of pyridine rings is 1. The van der Waals surface area contributed by atoms with Crippen LogP contribution >= 0.6 is 11.3 Å². The van der Waals surface area contributed by atoms with Crippen LogP contribution in [0.25, 0.3) is 33.4 Å². The summed E-state index contributed by atoms with van der Waals surface area (Å²) in [6.07, 6.45) is 8.27. The number of hydrogen-bond donors (Lipinski definition) is 2. The maximum atomic E-state index is 14.8. The molecule has 2 saturated heterocycles. The van der Waals surface area contributed by atoms with E-state index in [1.165, 1.54) is 21.2 Å². The minimum Gasteiger partial charge on any atom is -0.464 e. The van der Waals surface area contributed by atoms with E-state index in [-0.39, 0.29) is 37.0 Å². The highest BCUT2D eigenvalue weighted by Crippen LogP contribution is 2.45. The number of cyclic esters (lactones) is 1. The third kappa shape index (κ3) is 10.9. The lowest BCUT2D eigenvalue weighted by atomic mass is 9.84. The van der Waals surface area contributed by atoms with Gasteiger partial charge in [-0.05, 0) is 95.8 Å². The van der Waals surface area contributed by atoms with E-state index >= 15 is 0 Å². The second-order valence-electron chi connectivity index (χ2n) is 21.2. The minimum atomic E-state index is -1.09. The largest absolute Gasteiger partial charge is 0.464 e. The van der Waals surface area contributed by atoms with Gasteiger partial charge in [0, 0.05) is 105 Å². The Morgan fingerprint density at radius 1 is 1.08 bits per heavy atom. The van der Waals surface area contributed by atoms with Gasteiger partial charge in [-0.3, -0.25) is 29.2 Å². The standard InChI is InChI=1S/C53H72N10O7S/c1-11-61-42-19-18-35-27-37(42)38(47(61)36-15-12-22-54-45(36)34(4)69-10)29-52(5,6)32-70-50(67)39-16-13-24-63(57-39)49(66)40(28-43-55-41(35)30-71-43)56-48(65)46(33(2)3)59(9)51(68)60-25-26-62(53(31-60)20-21-53)44(64)17-14-23-58(7)8/h12,14-15,17-19,22,27,30,33-34,39-40,46,57H,11,13,16,20-21,23-26,28-29,31-32H2,1-10H3,(H,56,65)/b17-14+/t34-,39-,40-,46-/m0/s1. The number of fused-ring (bicyclic) bond motifs is 6. The summed E-state index contributed by atoms with van der Waals surface area (Å²) < 4.78 is 14.3. The highest BCUT2D eigenvalue weighted by Gasteiger charge is 2.54. The molecule has 2 N–H and O–H groups in total. The van der Waals surface area contributed by atoms with Crippen molar-refractivity contribution in [2.75, 3.05) is 67.6 Å². The Labute approximate surface area is 421 Å². The van der Waals surface area contributed by atoms with Crippen molar-refractivity contribution in [1.82, 2.24) is 49.9 Å². The van der Waals surface area contributed by atoms with Crippen molar-refractivity contribution < 1.29 is 33.4 Å². The molecule has 382 valence electrons. The van der Waals surface area contributed by atoms with E-state index in [9.17, 15) is 24.0 Å². The number of carbonyl (C=O) groups is 5. The predicted octanol–water partition coefficient (Wildman–Crippen LogP) is 6.07. The number of piperazine rings is 1. The average Bonchev–Trinajstić information content (AvgIpc) is 3.81. The van der Waals surface area contributed by atoms with Gasteiger partial charge in [0.05, 0.1) is 40.3 Å². The van der Waals surface area contributed by atoms with Gasteiger partial charge in [0.2, 0.25) is 11.8 Å². The van der Waals surface area contributed by atoms with Crippen molar-refractivity contribution >= 4 is 52.0 Å². The quantitative estimate of drug-likeness (QED) is 0.132. The highest BCUT2D eigenvalue weighted by atomic mass is 32.1. The van der Waals surface area contributed by atoms with Crippen LogP contribution in [0.3, 0.4) is 0 Å². The van der Waals surface area contributed by atoms with Gasteiger partial charge in [0.15, 0.2) is 0 Å². The Morgan fingerprint density at radius 3 is 2.56 bits per heavy atom. The monoisotopic (exact) mass is 993 g/mol. The van der Waals surface area contributed by atoms with Crippen LogP contribution in [0.2, 0.25) is 0 Å². The normalized spacial score (nSPS) is 21.2. The predicted molar refractivity (Wildman–Crippen MR) is 274 cm³/mol. The van der Waals surface area contributed by atoms with Crippen molar-refractivity contribution in [1.29, 1.82) is 0 Å². The summed E-state index contributed by atoms with van der Waals surface area (Å²) in [6.45, 7) is 15.0. The van der Waals surface area contributed by atoms with Gasteiger partial charge in [0.1, 0.15) is 18.1 Å². The van der Waals surface area contributed by atoms with Crippen molar-refractivity contribution in [2.45, 2.75) is 116 Å². The van der Waals surface area contributed by atoms with Crippen molar-refractivity contribution in [3.63, 3.8) is 0 Å². The summed E-state index contributed by atoms with van der Waals surface area (Å²) in [5.41, 5.74) is 8.87. The molecule has 1 aliphatic carbocycles. The SMILES string of the molecule is CCn1c(-c2cccnc2[C@H](C)OC)c2c3cc(ccc31)-c1csc(n1)C[C@H](NC(=O)[C@H](C(C)C)N(C)C(=O)N1CCN(C(=O)/C=C/CN(C)C)C3(CC3)C1)C(=O)N1CCC[C@H](N1)C(=O)OCC(C)(C)C2. The lowest BCUT2D eigenvalue weighted by Gasteiger charge is -2.44. The number of likely N-dealkylation sites (N-methyl/N-ethyl adjacent to an activating group) is 2. The molecular weight excluding hydrogens is 921 g/mol. The number of aryl methyl sites for hydroxylation is 1. The Morgan fingerprint density at radius 2 is 1.86 bits per heavy atom. The van der Waals surface area contributed by atoms with Crippen LogP contribution in [0.5, 0.6) is 0 Å². The number of hydrazine groups is 1. The van der Waals surface area contributed by atoms with Gasteiger partial charge in [0.25, 0.3) is 5.91 Å². The number of carbonyl (C=O) groups excluding carboxylic acids is 5. The number of nitrogens with zero attached hydrogens (tertiary/aromatic N) is 8. The van der Waals surface area contributed by atoms with Gasteiger partial charge in [-0.25, -0.2) is 15.2 Å². The van der Waals surface area contributed by atoms with E-state index in [2.05, 4.69) is 60.3 Å². The molecule has 8 rings (SSSR count). The number of ether oxygens (including phenoxy) is 2. The Balaban J connectivity index is 1.10. The molecule has 1 aromatic carbocycles. The first-order chi connectivity index (χ1) is 33.8. The first-order valence-corrected chi connectivity index (χ1v) is 26.0. The molecule has 18 heteroatoms. The molecule has 0 radical (unpaired) electrons. The topological polar surface area (TPSA) is 175 Å². The number of amides is 5. The first kappa shape index (κ1) is 51.7. The Bertz CT molecular complexity index is 2670. The molecular formula is C53H72N10O7S. The van der Waals surface area contributed by atoms with Gasteiger partial charge >= 0.3 is 12.0 Å². The maximum Gasteiger partial charge on any atom is 0.324 e. The zero-order valence-electron chi connectivity index (χ0n) is 43.1. The Kier molecular flexibility index (Phi) is 15.4. The fourth-order valence-corrected chi connectivity index (χ4v) is 11.5. The first-order valence-electron chi connectivity index (χ1n) is 25.1. The number of rotatable bonds is 11. The third-order valence-corrected chi connectivity index (χ3v) is 15.4. The summed E-state index contributed by atoms with van der Waals surface area (Å²) in [5, 5.41) is 8.17. The zero-order chi connectivity index (χ0) is 50.9. The number of hydrogen-bond acceptors (Lipinski definition) is 12. The number of aromatic nitrogens is 3. The molecule has 71 heavy (non-hydrogen) atoms. The van der Waals surface area contributed by atoms with E-state index in [0.29, 0.717) is 63.5 Å². The molecule has 4 aliphatic rings. The molecule has 6 heterocycles.